The van der Waals surface area contributed by atoms with Crippen LogP contribution in [0.2, 0.25) is 0 Å². The Labute approximate surface area is 129 Å². The fraction of sp³-hybridized carbons (Fsp3) is 0.294. The maximum Gasteiger partial charge on any atom is 0.0736 e. The molecule has 2 aromatic carbocycles. The predicted molar refractivity (Wildman–Crippen MR) is 88.0 cm³/mol. The molecule has 20 heavy (non-hydrogen) atoms. The molecule has 0 aliphatic rings. The number of hydrogen-bond donors (Lipinski definition) is 1. The Bertz CT molecular complexity index is 539. The Morgan fingerprint density at radius 3 is 2.50 bits per heavy atom. The van der Waals surface area contributed by atoms with Crippen LogP contribution in [0.15, 0.2) is 53.0 Å². The van der Waals surface area contributed by atoms with E-state index in [1.807, 2.05) is 19.1 Å². The molecule has 0 spiro atoms. The minimum atomic E-state index is 0.255. The molecule has 1 atom stereocenters. The van der Waals surface area contributed by atoms with Crippen LogP contribution in [0.3, 0.4) is 0 Å². The van der Waals surface area contributed by atoms with E-state index in [0.717, 1.165) is 16.8 Å². The van der Waals surface area contributed by atoms with E-state index in [1.54, 1.807) is 0 Å². The molecule has 0 aromatic heterocycles. The average Bonchev–Trinajstić information content (AvgIpc) is 2.47. The average molecular weight is 334 g/mol. The second-order valence-electron chi connectivity index (χ2n) is 4.71. The monoisotopic (exact) mass is 333 g/mol. The fourth-order valence-corrected chi connectivity index (χ4v) is 2.33. The van der Waals surface area contributed by atoms with Gasteiger partial charge >= 0.3 is 0 Å². The summed E-state index contributed by atoms with van der Waals surface area (Å²) in [6.07, 6.45) is 0. The van der Waals surface area contributed by atoms with Crippen molar-refractivity contribution >= 4 is 21.6 Å². The molecular weight excluding hydrogens is 314 g/mol. The van der Waals surface area contributed by atoms with Crippen molar-refractivity contribution in [1.29, 1.82) is 0 Å². The molecule has 0 amide bonds. The fourth-order valence-electron chi connectivity index (χ4n) is 2.07. The predicted octanol–water partition coefficient (Wildman–Crippen LogP) is 5.16. The first kappa shape index (κ1) is 15.1. The van der Waals surface area contributed by atoms with E-state index in [-0.39, 0.29) is 6.04 Å². The lowest BCUT2D eigenvalue weighted by Gasteiger charge is -2.18. The topological polar surface area (TPSA) is 21.3 Å². The molecule has 3 heteroatoms. The van der Waals surface area contributed by atoms with E-state index in [1.165, 1.54) is 11.1 Å². The van der Waals surface area contributed by atoms with Gasteiger partial charge in [0.2, 0.25) is 0 Å². The van der Waals surface area contributed by atoms with Gasteiger partial charge in [0, 0.05) is 28.4 Å². The molecule has 1 N–H and O–H groups in total. The van der Waals surface area contributed by atoms with E-state index >= 15 is 0 Å². The highest BCUT2D eigenvalue weighted by Gasteiger charge is 2.08. The normalized spacial score (nSPS) is 12.2. The molecule has 0 radical (unpaired) electrons. The zero-order valence-electron chi connectivity index (χ0n) is 11.9. The van der Waals surface area contributed by atoms with Gasteiger partial charge in [0.15, 0.2) is 0 Å². The number of benzene rings is 2. The molecule has 2 rings (SSSR count). The first-order valence-electron chi connectivity index (χ1n) is 6.88. The van der Waals surface area contributed by atoms with Crippen molar-refractivity contribution in [2.75, 3.05) is 11.9 Å². The molecule has 2 nitrogen and oxygen atoms in total. The number of halogens is 1. The number of hydrogen-bond acceptors (Lipinski definition) is 2. The molecule has 1 unspecified atom stereocenters. The zero-order chi connectivity index (χ0) is 14.4. The van der Waals surface area contributed by atoms with E-state index in [4.69, 9.17) is 4.74 Å². The quantitative estimate of drug-likeness (QED) is 0.788. The summed E-state index contributed by atoms with van der Waals surface area (Å²) >= 11 is 3.46. The number of ether oxygens (including phenoxy) is 1. The molecule has 106 valence electrons. The van der Waals surface area contributed by atoms with Gasteiger partial charge in [0.05, 0.1) is 6.61 Å². The molecule has 0 bridgehead atoms. The lowest BCUT2D eigenvalue weighted by atomic mass is 10.1. The van der Waals surface area contributed by atoms with Crippen LogP contribution in [0.1, 0.15) is 31.0 Å². The summed E-state index contributed by atoms with van der Waals surface area (Å²) in [5.74, 6) is 0. The third kappa shape index (κ3) is 4.09. The minimum absolute atomic E-state index is 0.255. The molecular formula is C17H20BrNO. The maximum absolute atomic E-state index is 5.52. The van der Waals surface area contributed by atoms with E-state index in [9.17, 15) is 0 Å². The van der Waals surface area contributed by atoms with Gasteiger partial charge in [-0.25, -0.2) is 0 Å². The van der Waals surface area contributed by atoms with Crippen molar-refractivity contribution < 1.29 is 4.74 Å². The molecule has 0 aliphatic heterocycles. The molecule has 0 saturated heterocycles. The van der Waals surface area contributed by atoms with Crippen LogP contribution in [-0.2, 0) is 11.3 Å². The summed E-state index contributed by atoms with van der Waals surface area (Å²) in [7, 11) is 0. The summed E-state index contributed by atoms with van der Waals surface area (Å²) in [6.45, 7) is 5.56. The number of para-hydroxylation sites is 1. The van der Waals surface area contributed by atoms with Crippen molar-refractivity contribution in [3.05, 3.63) is 64.1 Å². The summed E-state index contributed by atoms with van der Waals surface area (Å²) in [6, 6.07) is 17.0. The van der Waals surface area contributed by atoms with Gasteiger partial charge < -0.3 is 10.1 Å². The van der Waals surface area contributed by atoms with Crippen LogP contribution in [0.4, 0.5) is 5.69 Å². The minimum Gasteiger partial charge on any atom is -0.378 e. The molecule has 0 heterocycles. The standard InChI is InChI=1S/C17H20BrNO/c1-3-20-12-15-6-4-5-7-17(15)19-13(2)14-8-10-16(18)11-9-14/h4-11,13,19H,3,12H2,1-2H3. The van der Waals surface area contributed by atoms with Crippen LogP contribution < -0.4 is 5.32 Å². The molecule has 0 saturated carbocycles. The Balaban J connectivity index is 2.10. The van der Waals surface area contributed by atoms with Crippen molar-refractivity contribution in [3.8, 4) is 0 Å². The summed E-state index contributed by atoms with van der Waals surface area (Å²) in [5.41, 5.74) is 3.59. The highest BCUT2D eigenvalue weighted by Crippen LogP contribution is 2.24. The summed E-state index contributed by atoms with van der Waals surface area (Å²) in [4.78, 5) is 0. The lowest BCUT2D eigenvalue weighted by Crippen LogP contribution is -2.09. The largest absolute Gasteiger partial charge is 0.378 e. The third-order valence-corrected chi connectivity index (χ3v) is 3.75. The molecule has 0 fully saturated rings. The molecule has 0 aliphatic carbocycles. The van der Waals surface area contributed by atoms with E-state index in [0.29, 0.717) is 6.61 Å². The summed E-state index contributed by atoms with van der Waals surface area (Å²) in [5, 5.41) is 3.56. The van der Waals surface area contributed by atoms with Crippen molar-refractivity contribution in [3.63, 3.8) is 0 Å². The smallest absolute Gasteiger partial charge is 0.0736 e. The Morgan fingerprint density at radius 1 is 1.10 bits per heavy atom. The van der Waals surface area contributed by atoms with E-state index < -0.39 is 0 Å². The summed E-state index contributed by atoms with van der Waals surface area (Å²) < 4.78 is 6.62. The van der Waals surface area contributed by atoms with Gasteiger partial charge in [-0.05, 0) is 37.6 Å². The van der Waals surface area contributed by atoms with Gasteiger partial charge in [-0.15, -0.1) is 0 Å². The second-order valence-corrected chi connectivity index (χ2v) is 5.63. The first-order valence-corrected chi connectivity index (χ1v) is 7.67. The van der Waals surface area contributed by atoms with Crippen molar-refractivity contribution in [1.82, 2.24) is 0 Å². The Kier molecular flexibility index (Phi) is 5.62. The third-order valence-electron chi connectivity index (χ3n) is 3.22. The first-order chi connectivity index (χ1) is 9.70. The Hall–Kier alpha value is -1.32. The highest BCUT2D eigenvalue weighted by atomic mass is 79.9. The maximum atomic E-state index is 5.52. The lowest BCUT2D eigenvalue weighted by molar-refractivity contribution is 0.134. The van der Waals surface area contributed by atoms with Crippen molar-refractivity contribution in [2.45, 2.75) is 26.5 Å². The van der Waals surface area contributed by atoms with Crippen molar-refractivity contribution in [2.24, 2.45) is 0 Å². The molecule has 2 aromatic rings. The van der Waals surface area contributed by atoms with Crippen LogP contribution in [-0.4, -0.2) is 6.61 Å². The highest BCUT2D eigenvalue weighted by molar-refractivity contribution is 9.10. The van der Waals surface area contributed by atoms with Crippen LogP contribution in [0.25, 0.3) is 0 Å². The number of anilines is 1. The van der Waals surface area contributed by atoms with Crippen LogP contribution >= 0.6 is 15.9 Å². The van der Waals surface area contributed by atoms with Gasteiger partial charge in [-0.3, -0.25) is 0 Å². The van der Waals surface area contributed by atoms with Gasteiger partial charge in [-0.1, -0.05) is 46.3 Å². The number of nitrogens with one attached hydrogen (secondary N) is 1. The van der Waals surface area contributed by atoms with E-state index in [2.05, 4.69) is 64.6 Å². The van der Waals surface area contributed by atoms with Crippen LogP contribution in [0.5, 0.6) is 0 Å². The second kappa shape index (κ2) is 7.46. The van der Waals surface area contributed by atoms with Gasteiger partial charge in [0.25, 0.3) is 0 Å². The van der Waals surface area contributed by atoms with Gasteiger partial charge in [-0.2, -0.15) is 0 Å². The Morgan fingerprint density at radius 2 is 1.80 bits per heavy atom. The van der Waals surface area contributed by atoms with Crippen LogP contribution in [0, 0.1) is 0 Å². The number of rotatable bonds is 6. The zero-order valence-corrected chi connectivity index (χ0v) is 13.5. The van der Waals surface area contributed by atoms with Gasteiger partial charge in [0.1, 0.15) is 0 Å². The SMILES string of the molecule is CCOCc1ccccc1NC(C)c1ccc(Br)cc1.